The molecule has 0 bridgehead atoms. The number of methoxy groups -OCH3 is 1. The summed E-state index contributed by atoms with van der Waals surface area (Å²) in [5.41, 5.74) is 5.93. The van der Waals surface area contributed by atoms with Crippen LogP contribution in [0.4, 0.5) is 0 Å². The summed E-state index contributed by atoms with van der Waals surface area (Å²) in [7, 11) is 3.74. The number of nitrogens with zero attached hydrogens (tertiary/aromatic N) is 1. The Morgan fingerprint density at radius 3 is 2.74 bits per heavy atom. The Hall–Kier alpha value is -0.160. The fourth-order valence-corrected chi connectivity index (χ4v) is 3.49. The molecule has 0 spiro atoms. The van der Waals surface area contributed by atoms with E-state index in [1.165, 1.54) is 32.1 Å². The third-order valence-electron chi connectivity index (χ3n) is 4.49. The molecule has 1 rings (SSSR count). The first-order valence-electron chi connectivity index (χ1n) is 7.69. The number of rotatable bonds is 8. The van der Waals surface area contributed by atoms with Gasteiger partial charge in [0.25, 0.3) is 0 Å². The Labute approximate surface area is 118 Å². The second kappa shape index (κ2) is 8.90. The van der Waals surface area contributed by atoms with Gasteiger partial charge < -0.3 is 20.5 Å². The summed E-state index contributed by atoms with van der Waals surface area (Å²) in [6.07, 6.45) is 5.96. The third-order valence-corrected chi connectivity index (χ3v) is 4.49. The molecule has 4 nitrogen and oxygen atoms in total. The molecule has 1 saturated carbocycles. The van der Waals surface area contributed by atoms with Crippen molar-refractivity contribution in [1.82, 2.24) is 4.90 Å². The third kappa shape index (κ3) is 5.38. The number of hydrogen-bond acceptors (Lipinski definition) is 4. The Balaban J connectivity index is 2.53. The van der Waals surface area contributed by atoms with Crippen LogP contribution in [0, 0.1) is 11.8 Å². The van der Waals surface area contributed by atoms with Crippen LogP contribution in [-0.4, -0.2) is 56.0 Å². The second-order valence-corrected chi connectivity index (χ2v) is 6.08. The van der Waals surface area contributed by atoms with E-state index in [2.05, 4.69) is 18.9 Å². The molecule has 114 valence electrons. The van der Waals surface area contributed by atoms with E-state index in [1.54, 1.807) is 7.11 Å². The van der Waals surface area contributed by atoms with Crippen LogP contribution in [0.3, 0.4) is 0 Å². The lowest BCUT2D eigenvalue weighted by Gasteiger charge is -2.41. The van der Waals surface area contributed by atoms with Crippen LogP contribution in [0.2, 0.25) is 0 Å². The SMILES string of the molecule is CCCC1CCC(CN)C(N(C)CC(O)COC)C1. The van der Waals surface area contributed by atoms with E-state index in [1.807, 2.05) is 0 Å². The number of ether oxygens (including phenoxy) is 1. The lowest BCUT2D eigenvalue weighted by atomic mass is 9.76. The molecule has 4 unspecified atom stereocenters. The molecule has 0 aromatic heterocycles. The van der Waals surface area contributed by atoms with Crippen molar-refractivity contribution < 1.29 is 9.84 Å². The predicted molar refractivity (Wildman–Crippen MR) is 79.1 cm³/mol. The maximum absolute atomic E-state index is 9.88. The number of nitrogens with two attached hydrogens (primary N) is 1. The van der Waals surface area contributed by atoms with E-state index < -0.39 is 6.10 Å². The molecule has 0 aromatic rings. The van der Waals surface area contributed by atoms with Gasteiger partial charge in [0.1, 0.15) is 0 Å². The van der Waals surface area contributed by atoms with Gasteiger partial charge in [-0.15, -0.1) is 0 Å². The van der Waals surface area contributed by atoms with E-state index in [0.29, 0.717) is 25.1 Å². The fourth-order valence-electron chi connectivity index (χ4n) is 3.49. The first-order valence-corrected chi connectivity index (χ1v) is 7.69. The minimum atomic E-state index is -0.403. The highest BCUT2D eigenvalue weighted by Crippen LogP contribution is 2.33. The van der Waals surface area contributed by atoms with Crippen molar-refractivity contribution in [3.05, 3.63) is 0 Å². The van der Waals surface area contributed by atoms with E-state index in [4.69, 9.17) is 10.5 Å². The van der Waals surface area contributed by atoms with Gasteiger partial charge in [-0.25, -0.2) is 0 Å². The molecule has 0 aliphatic heterocycles. The quantitative estimate of drug-likeness (QED) is 0.702. The first-order chi connectivity index (χ1) is 9.12. The minimum absolute atomic E-state index is 0.403. The van der Waals surface area contributed by atoms with Gasteiger partial charge >= 0.3 is 0 Å². The van der Waals surface area contributed by atoms with Crippen molar-refractivity contribution in [2.75, 3.05) is 33.9 Å². The molecule has 4 atom stereocenters. The van der Waals surface area contributed by atoms with E-state index in [0.717, 1.165) is 12.5 Å². The number of hydrogen-bond donors (Lipinski definition) is 2. The van der Waals surface area contributed by atoms with Gasteiger partial charge in [0.2, 0.25) is 0 Å². The molecule has 3 N–H and O–H groups in total. The molecule has 1 aliphatic rings. The molecule has 0 radical (unpaired) electrons. The van der Waals surface area contributed by atoms with Crippen LogP contribution in [-0.2, 0) is 4.74 Å². The van der Waals surface area contributed by atoms with Crippen molar-refractivity contribution in [1.29, 1.82) is 0 Å². The first kappa shape index (κ1) is 16.9. The molecule has 0 aromatic carbocycles. The smallest absolute Gasteiger partial charge is 0.0900 e. The van der Waals surface area contributed by atoms with Crippen molar-refractivity contribution in [3.63, 3.8) is 0 Å². The zero-order chi connectivity index (χ0) is 14.3. The summed E-state index contributed by atoms with van der Waals surface area (Å²) in [5.74, 6) is 1.41. The summed E-state index contributed by atoms with van der Waals surface area (Å²) in [6.45, 7) is 4.10. The topological polar surface area (TPSA) is 58.7 Å². The van der Waals surface area contributed by atoms with E-state index in [-0.39, 0.29) is 0 Å². The molecule has 1 fully saturated rings. The van der Waals surface area contributed by atoms with Gasteiger partial charge in [-0.2, -0.15) is 0 Å². The molecule has 19 heavy (non-hydrogen) atoms. The van der Waals surface area contributed by atoms with Crippen LogP contribution in [0.1, 0.15) is 39.0 Å². The minimum Gasteiger partial charge on any atom is -0.389 e. The molecule has 0 saturated heterocycles. The Morgan fingerprint density at radius 1 is 1.42 bits per heavy atom. The predicted octanol–water partition coefficient (Wildman–Crippen LogP) is 1.47. The number of likely N-dealkylation sites (N-methyl/N-ethyl adjacent to an activating group) is 1. The van der Waals surface area contributed by atoms with Gasteiger partial charge in [-0.1, -0.05) is 26.2 Å². The molecule has 1 aliphatic carbocycles. The Kier molecular flexibility index (Phi) is 7.91. The molecular weight excluding hydrogens is 240 g/mol. The normalized spacial score (nSPS) is 29.7. The van der Waals surface area contributed by atoms with Crippen molar-refractivity contribution in [2.45, 2.75) is 51.2 Å². The van der Waals surface area contributed by atoms with Crippen LogP contribution in [0.5, 0.6) is 0 Å². The maximum Gasteiger partial charge on any atom is 0.0900 e. The van der Waals surface area contributed by atoms with Crippen LogP contribution < -0.4 is 5.73 Å². The molecule has 0 heterocycles. The van der Waals surface area contributed by atoms with Gasteiger partial charge in [0.05, 0.1) is 12.7 Å². The molecule has 0 amide bonds. The van der Waals surface area contributed by atoms with Gasteiger partial charge in [-0.3, -0.25) is 0 Å². The molecule has 4 heteroatoms. The fraction of sp³-hybridized carbons (Fsp3) is 1.00. The van der Waals surface area contributed by atoms with E-state index >= 15 is 0 Å². The van der Waals surface area contributed by atoms with Crippen molar-refractivity contribution in [2.24, 2.45) is 17.6 Å². The van der Waals surface area contributed by atoms with Gasteiger partial charge in [0.15, 0.2) is 0 Å². The standard InChI is InChI=1S/C15H32N2O2/c1-4-5-12-6-7-13(9-16)15(8-12)17(2)10-14(18)11-19-3/h12-15,18H,4-11,16H2,1-3H3. The average molecular weight is 272 g/mol. The lowest BCUT2D eigenvalue weighted by Crippen LogP contribution is -2.48. The largest absolute Gasteiger partial charge is 0.389 e. The summed E-state index contributed by atoms with van der Waals surface area (Å²) in [4.78, 5) is 2.29. The highest BCUT2D eigenvalue weighted by molar-refractivity contribution is 4.87. The monoisotopic (exact) mass is 272 g/mol. The zero-order valence-corrected chi connectivity index (χ0v) is 12.8. The average Bonchev–Trinajstić information content (AvgIpc) is 2.39. The highest BCUT2D eigenvalue weighted by atomic mass is 16.5. The van der Waals surface area contributed by atoms with Crippen molar-refractivity contribution in [3.8, 4) is 0 Å². The summed E-state index contributed by atoms with van der Waals surface area (Å²) in [5, 5.41) is 9.88. The maximum atomic E-state index is 9.88. The summed E-state index contributed by atoms with van der Waals surface area (Å²) >= 11 is 0. The van der Waals surface area contributed by atoms with E-state index in [9.17, 15) is 5.11 Å². The second-order valence-electron chi connectivity index (χ2n) is 6.08. The van der Waals surface area contributed by atoms with Crippen LogP contribution in [0.25, 0.3) is 0 Å². The van der Waals surface area contributed by atoms with Gasteiger partial charge in [0, 0.05) is 19.7 Å². The zero-order valence-electron chi connectivity index (χ0n) is 12.8. The highest BCUT2D eigenvalue weighted by Gasteiger charge is 2.32. The molecular formula is C15H32N2O2. The van der Waals surface area contributed by atoms with Crippen LogP contribution in [0.15, 0.2) is 0 Å². The Morgan fingerprint density at radius 2 is 2.16 bits per heavy atom. The van der Waals surface area contributed by atoms with Gasteiger partial charge in [-0.05, 0) is 38.3 Å². The summed E-state index contributed by atoms with van der Waals surface area (Å²) < 4.78 is 5.00. The van der Waals surface area contributed by atoms with Crippen molar-refractivity contribution >= 4 is 0 Å². The summed E-state index contributed by atoms with van der Waals surface area (Å²) in [6, 6.07) is 0.516. The lowest BCUT2D eigenvalue weighted by molar-refractivity contribution is 0.0147. The van der Waals surface area contributed by atoms with Crippen LogP contribution >= 0.6 is 0 Å². The number of aliphatic hydroxyl groups excluding tert-OH is 1. The Bertz CT molecular complexity index is 238. The number of aliphatic hydroxyl groups is 1.